The number of thiophene rings is 1. The summed E-state index contributed by atoms with van der Waals surface area (Å²) in [7, 11) is 0. The smallest absolute Gasteiger partial charge is 0.317 e. The minimum Gasteiger partial charge on any atom is -0.338 e. The van der Waals surface area contributed by atoms with Crippen molar-refractivity contribution in [2.24, 2.45) is 0 Å². The van der Waals surface area contributed by atoms with Crippen molar-refractivity contribution in [3.05, 3.63) is 22.4 Å². The molecule has 20 heavy (non-hydrogen) atoms. The highest BCUT2D eigenvalue weighted by Gasteiger charge is 2.20. The molecule has 112 valence electrons. The van der Waals surface area contributed by atoms with Gasteiger partial charge in [0.1, 0.15) is 0 Å². The maximum atomic E-state index is 11.9. The van der Waals surface area contributed by atoms with E-state index in [0.29, 0.717) is 0 Å². The number of unbranched alkanes of at least 4 members (excludes halogenated alkanes) is 1. The van der Waals surface area contributed by atoms with Gasteiger partial charge >= 0.3 is 6.03 Å². The van der Waals surface area contributed by atoms with Crippen LogP contribution < -0.4 is 5.32 Å². The van der Waals surface area contributed by atoms with Gasteiger partial charge in [-0.2, -0.15) is 0 Å². The molecule has 0 unspecified atom stereocenters. The van der Waals surface area contributed by atoms with Crippen LogP contribution in [0.4, 0.5) is 4.79 Å². The van der Waals surface area contributed by atoms with Gasteiger partial charge in [0.15, 0.2) is 0 Å². The van der Waals surface area contributed by atoms with Crippen LogP contribution in [-0.4, -0.2) is 55.1 Å². The first-order valence-corrected chi connectivity index (χ1v) is 8.45. The number of piperazine rings is 1. The molecule has 1 N–H and O–H groups in total. The van der Waals surface area contributed by atoms with Gasteiger partial charge in [-0.15, -0.1) is 11.3 Å². The molecule has 0 saturated carbocycles. The van der Waals surface area contributed by atoms with Gasteiger partial charge in [-0.1, -0.05) is 19.4 Å². The second-order valence-electron chi connectivity index (χ2n) is 5.24. The number of rotatable bonds is 6. The lowest BCUT2D eigenvalue weighted by atomic mass is 10.2. The monoisotopic (exact) mass is 295 g/mol. The fraction of sp³-hybridized carbons (Fsp3) is 0.667. The van der Waals surface area contributed by atoms with Crippen molar-refractivity contribution < 1.29 is 4.79 Å². The van der Waals surface area contributed by atoms with E-state index in [-0.39, 0.29) is 6.03 Å². The quantitative estimate of drug-likeness (QED) is 0.818. The van der Waals surface area contributed by atoms with Gasteiger partial charge in [0.2, 0.25) is 0 Å². The normalized spacial score (nSPS) is 16.4. The summed E-state index contributed by atoms with van der Waals surface area (Å²) < 4.78 is 0. The summed E-state index contributed by atoms with van der Waals surface area (Å²) in [4.78, 5) is 17.8. The molecule has 4 nitrogen and oxygen atoms in total. The summed E-state index contributed by atoms with van der Waals surface area (Å²) in [6.07, 6.45) is 3.31. The van der Waals surface area contributed by atoms with E-state index >= 15 is 0 Å². The van der Waals surface area contributed by atoms with E-state index in [4.69, 9.17) is 0 Å². The van der Waals surface area contributed by atoms with E-state index in [1.807, 2.05) is 16.2 Å². The summed E-state index contributed by atoms with van der Waals surface area (Å²) in [5.41, 5.74) is 0. The van der Waals surface area contributed by atoms with E-state index in [0.717, 1.165) is 58.5 Å². The van der Waals surface area contributed by atoms with E-state index in [2.05, 4.69) is 34.7 Å². The van der Waals surface area contributed by atoms with Crippen molar-refractivity contribution in [2.45, 2.75) is 26.2 Å². The standard InChI is InChI=1S/C15H25N3OS/c1-2-3-7-16-15(19)18-11-9-17(10-12-18)8-6-14-5-4-13-20-14/h4-5,13H,2-3,6-12H2,1H3,(H,16,19). The minimum absolute atomic E-state index is 0.108. The first kappa shape index (κ1) is 15.3. The van der Waals surface area contributed by atoms with Gasteiger partial charge in [0.05, 0.1) is 0 Å². The topological polar surface area (TPSA) is 35.6 Å². The Kier molecular flexibility index (Phi) is 6.33. The molecule has 0 spiro atoms. The lowest BCUT2D eigenvalue weighted by Crippen LogP contribution is -2.52. The third kappa shape index (κ3) is 4.80. The second kappa shape index (κ2) is 8.27. The molecule has 1 saturated heterocycles. The molecular weight excluding hydrogens is 270 g/mol. The van der Waals surface area contributed by atoms with Gasteiger partial charge in [-0.3, -0.25) is 4.90 Å². The Bertz CT molecular complexity index is 386. The molecule has 0 radical (unpaired) electrons. The molecule has 2 rings (SSSR count). The molecule has 2 amide bonds. The van der Waals surface area contributed by atoms with Crippen molar-refractivity contribution >= 4 is 17.4 Å². The van der Waals surface area contributed by atoms with Crippen molar-refractivity contribution in [3.8, 4) is 0 Å². The fourth-order valence-corrected chi connectivity index (χ4v) is 3.08. The van der Waals surface area contributed by atoms with Crippen LogP contribution in [0.2, 0.25) is 0 Å². The first-order chi connectivity index (χ1) is 9.79. The average Bonchev–Trinajstić information content (AvgIpc) is 2.99. The third-order valence-electron chi connectivity index (χ3n) is 3.72. The summed E-state index contributed by atoms with van der Waals surface area (Å²) >= 11 is 1.83. The fourth-order valence-electron chi connectivity index (χ4n) is 2.38. The van der Waals surface area contributed by atoms with Crippen molar-refractivity contribution in [3.63, 3.8) is 0 Å². The van der Waals surface area contributed by atoms with Crippen molar-refractivity contribution in [1.82, 2.24) is 15.1 Å². The Hall–Kier alpha value is -1.07. The highest BCUT2D eigenvalue weighted by molar-refractivity contribution is 7.09. The summed E-state index contributed by atoms with van der Waals surface area (Å²) in [5.74, 6) is 0. The Balaban J connectivity index is 1.63. The zero-order valence-corrected chi connectivity index (χ0v) is 13.1. The van der Waals surface area contributed by atoms with E-state index in [1.165, 1.54) is 4.88 Å². The Morgan fingerprint density at radius 2 is 2.15 bits per heavy atom. The van der Waals surface area contributed by atoms with Gasteiger partial charge in [-0.25, -0.2) is 4.79 Å². The van der Waals surface area contributed by atoms with Crippen LogP contribution in [0.25, 0.3) is 0 Å². The molecule has 2 heterocycles. The number of urea groups is 1. The van der Waals surface area contributed by atoms with Gasteiger partial charge in [0, 0.05) is 44.1 Å². The number of nitrogens with zero attached hydrogens (tertiary/aromatic N) is 2. The molecule has 1 aromatic rings. The number of carbonyl (C=O) groups is 1. The number of hydrogen-bond acceptors (Lipinski definition) is 3. The SMILES string of the molecule is CCCCNC(=O)N1CCN(CCc2cccs2)CC1. The van der Waals surface area contributed by atoms with Gasteiger partial charge in [0.25, 0.3) is 0 Å². The predicted molar refractivity (Wildman–Crippen MR) is 84.3 cm³/mol. The zero-order chi connectivity index (χ0) is 14.2. The van der Waals surface area contributed by atoms with Crippen LogP contribution in [0.3, 0.4) is 0 Å². The van der Waals surface area contributed by atoms with E-state index < -0.39 is 0 Å². The van der Waals surface area contributed by atoms with Crippen LogP contribution in [0.5, 0.6) is 0 Å². The Labute approximate surface area is 125 Å². The minimum atomic E-state index is 0.108. The number of nitrogens with one attached hydrogen (secondary N) is 1. The second-order valence-corrected chi connectivity index (χ2v) is 6.28. The maximum Gasteiger partial charge on any atom is 0.317 e. The Morgan fingerprint density at radius 3 is 2.80 bits per heavy atom. The predicted octanol–water partition coefficient (Wildman–Crippen LogP) is 2.42. The first-order valence-electron chi connectivity index (χ1n) is 7.57. The van der Waals surface area contributed by atoms with Crippen molar-refractivity contribution in [2.75, 3.05) is 39.3 Å². The lowest BCUT2D eigenvalue weighted by molar-refractivity contribution is 0.140. The summed E-state index contributed by atoms with van der Waals surface area (Å²) in [6, 6.07) is 4.41. The molecule has 0 atom stereocenters. The summed E-state index contributed by atoms with van der Waals surface area (Å²) in [6.45, 7) is 7.72. The average molecular weight is 295 g/mol. The van der Waals surface area contributed by atoms with Gasteiger partial charge in [-0.05, 0) is 24.3 Å². The molecule has 0 bridgehead atoms. The zero-order valence-electron chi connectivity index (χ0n) is 12.3. The molecule has 1 aliphatic rings. The summed E-state index contributed by atoms with van der Waals surface area (Å²) in [5, 5.41) is 5.13. The highest BCUT2D eigenvalue weighted by atomic mass is 32.1. The van der Waals surface area contributed by atoms with E-state index in [1.54, 1.807) is 0 Å². The van der Waals surface area contributed by atoms with Gasteiger partial charge < -0.3 is 10.2 Å². The van der Waals surface area contributed by atoms with Crippen LogP contribution in [0.15, 0.2) is 17.5 Å². The van der Waals surface area contributed by atoms with E-state index in [9.17, 15) is 4.79 Å². The van der Waals surface area contributed by atoms with Crippen LogP contribution in [0, 0.1) is 0 Å². The number of amides is 2. The Morgan fingerprint density at radius 1 is 1.35 bits per heavy atom. The van der Waals surface area contributed by atoms with Crippen LogP contribution >= 0.6 is 11.3 Å². The van der Waals surface area contributed by atoms with Crippen LogP contribution in [0.1, 0.15) is 24.6 Å². The largest absolute Gasteiger partial charge is 0.338 e. The maximum absolute atomic E-state index is 11.9. The molecular formula is C15H25N3OS. The molecule has 1 aliphatic heterocycles. The lowest BCUT2D eigenvalue weighted by Gasteiger charge is -2.34. The highest BCUT2D eigenvalue weighted by Crippen LogP contribution is 2.11. The molecule has 1 aromatic heterocycles. The number of carbonyl (C=O) groups excluding carboxylic acids is 1. The van der Waals surface area contributed by atoms with Crippen LogP contribution in [-0.2, 0) is 6.42 Å². The molecule has 0 aliphatic carbocycles. The molecule has 0 aromatic carbocycles. The van der Waals surface area contributed by atoms with Crippen molar-refractivity contribution in [1.29, 1.82) is 0 Å². The third-order valence-corrected chi connectivity index (χ3v) is 4.66. The number of hydrogen-bond donors (Lipinski definition) is 1. The molecule has 1 fully saturated rings. The molecule has 5 heteroatoms.